The normalized spacial score (nSPS) is 24.4. The smallest absolute Gasteiger partial charge is 0.145 e. The van der Waals surface area contributed by atoms with E-state index in [2.05, 4.69) is 20.3 Å². The number of morpholine rings is 1. The molecule has 4 N–H and O–H groups in total. The van der Waals surface area contributed by atoms with Crippen molar-refractivity contribution >= 4 is 5.82 Å². The van der Waals surface area contributed by atoms with Crippen LogP contribution in [-0.4, -0.2) is 51.9 Å². The number of nitrogen functional groups attached to an aromatic ring is 1. The summed E-state index contributed by atoms with van der Waals surface area (Å²) in [5.74, 6) is 6.71. The molecule has 106 valence electrons. The summed E-state index contributed by atoms with van der Waals surface area (Å²) in [5, 5.41) is 9.21. The number of rotatable bonds is 4. The molecule has 7 nitrogen and oxygen atoms in total. The molecule has 19 heavy (non-hydrogen) atoms. The van der Waals surface area contributed by atoms with Crippen molar-refractivity contribution in [2.45, 2.75) is 32.6 Å². The van der Waals surface area contributed by atoms with Crippen molar-refractivity contribution in [3.8, 4) is 0 Å². The van der Waals surface area contributed by atoms with E-state index in [-0.39, 0.29) is 18.8 Å². The summed E-state index contributed by atoms with van der Waals surface area (Å²) in [5.41, 5.74) is 3.41. The molecular weight excluding hydrogens is 246 g/mol. The lowest BCUT2D eigenvalue weighted by Gasteiger charge is -2.35. The third-order valence-electron chi connectivity index (χ3n) is 3.02. The van der Waals surface area contributed by atoms with E-state index in [4.69, 9.17) is 10.6 Å². The summed E-state index contributed by atoms with van der Waals surface area (Å²) in [7, 11) is 0. The Balaban J connectivity index is 2.05. The van der Waals surface area contributed by atoms with Crippen LogP contribution in [-0.2, 0) is 11.3 Å². The van der Waals surface area contributed by atoms with Gasteiger partial charge in [-0.05, 0) is 13.8 Å². The van der Waals surface area contributed by atoms with E-state index in [1.54, 1.807) is 6.07 Å². The number of hydrazine groups is 1. The van der Waals surface area contributed by atoms with Crippen LogP contribution in [0.25, 0.3) is 0 Å². The van der Waals surface area contributed by atoms with Gasteiger partial charge in [-0.2, -0.15) is 0 Å². The predicted octanol–water partition coefficient (Wildman–Crippen LogP) is -0.348. The molecule has 0 aromatic carbocycles. The van der Waals surface area contributed by atoms with E-state index in [9.17, 15) is 5.11 Å². The monoisotopic (exact) mass is 267 g/mol. The second kappa shape index (κ2) is 6.25. The number of ether oxygens (including phenoxy) is 1. The number of anilines is 1. The number of nitrogens with two attached hydrogens (primary N) is 1. The van der Waals surface area contributed by atoms with Crippen molar-refractivity contribution in [3.63, 3.8) is 0 Å². The Labute approximate surface area is 112 Å². The lowest BCUT2D eigenvalue weighted by atomic mass is 10.2. The Morgan fingerprint density at radius 1 is 1.53 bits per heavy atom. The molecule has 0 bridgehead atoms. The highest BCUT2D eigenvalue weighted by atomic mass is 16.5. The van der Waals surface area contributed by atoms with Gasteiger partial charge in [0.25, 0.3) is 0 Å². The first-order valence-corrected chi connectivity index (χ1v) is 6.40. The third-order valence-corrected chi connectivity index (χ3v) is 3.02. The Bertz CT molecular complexity index is 429. The standard InChI is InChI=1S/C12H21N5O2/c1-8-3-11(16-13)15-12(14-8)6-17-4-9(2)19-10(5-17)7-18/h3,9-10,18H,4-7,13H2,1-2H3,(H,14,15,16). The zero-order chi connectivity index (χ0) is 13.8. The van der Waals surface area contributed by atoms with Crippen molar-refractivity contribution in [2.75, 3.05) is 25.1 Å². The molecule has 2 unspecified atom stereocenters. The molecule has 0 amide bonds. The van der Waals surface area contributed by atoms with E-state index >= 15 is 0 Å². The van der Waals surface area contributed by atoms with Crippen LogP contribution in [0, 0.1) is 6.92 Å². The topological polar surface area (TPSA) is 96.5 Å². The molecule has 1 aromatic rings. The minimum Gasteiger partial charge on any atom is -0.394 e. The number of aromatic nitrogens is 2. The molecule has 1 fully saturated rings. The van der Waals surface area contributed by atoms with E-state index in [0.29, 0.717) is 18.9 Å². The molecule has 2 heterocycles. The summed E-state index contributed by atoms with van der Waals surface area (Å²) in [6.07, 6.45) is -0.0384. The minimum absolute atomic E-state index is 0.0329. The van der Waals surface area contributed by atoms with Crippen LogP contribution >= 0.6 is 0 Å². The van der Waals surface area contributed by atoms with E-state index in [0.717, 1.165) is 18.1 Å². The quantitative estimate of drug-likeness (QED) is 0.507. The molecule has 1 aliphatic heterocycles. The highest BCUT2D eigenvalue weighted by Crippen LogP contribution is 2.14. The van der Waals surface area contributed by atoms with Crippen molar-refractivity contribution in [1.29, 1.82) is 0 Å². The van der Waals surface area contributed by atoms with Gasteiger partial charge in [-0.1, -0.05) is 0 Å². The zero-order valence-electron chi connectivity index (χ0n) is 11.3. The number of nitrogens with one attached hydrogen (secondary N) is 1. The van der Waals surface area contributed by atoms with Gasteiger partial charge in [0, 0.05) is 24.8 Å². The Kier molecular flexibility index (Phi) is 4.65. The van der Waals surface area contributed by atoms with Crippen molar-refractivity contribution in [2.24, 2.45) is 5.84 Å². The molecule has 1 saturated heterocycles. The van der Waals surface area contributed by atoms with Gasteiger partial charge in [0.05, 0.1) is 25.4 Å². The molecule has 1 aliphatic rings. The minimum atomic E-state index is -0.138. The molecule has 0 saturated carbocycles. The van der Waals surface area contributed by atoms with Crippen LogP contribution in [0.3, 0.4) is 0 Å². The van der Waals surface area contributed by atoms with Crippen LogP contribution in [0.2, 0.25) is 0 Å². The summed E-state index contributed by atoms with van der Waals surface area (Å²) < 4.78 is 5.61. The van der Waals surface area contributed by atoms with Gasteiger partial charge in [0.1, 0.15) is 11.6 Å². The maximum absolute atomic E-state index is 9.21. The van der Waals surface area contributed by atoms with Gasteiger partial charge in [-0.3, -0.25) is 4.90 Å². The van der Waals surface area contributed by atoms with Crippen LogP contribution in [0.5, 0.6) is 0 Å². The van der Waals surface area contributed by atoms with Crippen LogP contribution < -0.4 is 11.3 Å². The van der Waals surface area contributed by atoms with E-state index in [1.165, 1.54) is 0 Å². The number of aryl methyl sites for hydroxylation is 1. The second-order valence-corrected chi connectivity index (χ2v) is 4.90. The fourth-order valence-electron chi connectivity index (χ4n) is 2.35. The van der Waals surface area contributed by atoms with Crippen molar-refractivity contribution in [3.05, 3.63) is 17.6 Å². The van der Waals surface area contributed by atoms with Crippen molar-refractivity contribution in [1.82, 2.24) is 14.9 Å². The molecule has 0 radical (unpaired) electrons. The number of nitrogens with zero attached hydrogens (tertiary/aromatic N) is 3. The average Bonchev–Trinajstić information content (AvgIpc) is 2.37. The molecule has 0 spiro atoms. The Morgan fingerprint density at radius 2 is 2.32 bits per heavy atom. The number of aliphatic hydroxyl groups excluding tert-OH is 1. The van der Waals surface area contributed by atoms with Gasteiger partial charge in [-0.15, -0.1) is 0 Å². The molecule has 7 heteroatoms. The number of hydrogen-bond acceptors (Lipinski definition) is 7. The van der Waals surface area contributed by atoms with Gasteiger partial charge < -0.3 is 15.3 Å². The van der Waals surface area contributed by atoms with Crippen molar-refractivity contribution < 1.29 is 9.84 Å². The first-order chi connectivity index (χ1) is 9.10. The lowest BCUT2D eigenvalue weighted by Crippen LogP contribution is -2.47. The predicted molar refractivity (Wildman–Crippen MR) is 71.3 cm³/mol. The summed E-state index contributed by atoms with van der Waals surface area (Å²) >= 11 is 0. The first kappa shape index (κ1) is 14.1. The largest absolute Gasteiger partial charge is 0.394 e. The second-order valence-electron chi connectivity index (χ2n) is 4.90. The van der Waals surface area contributed by atoms with Crippen LogP contribution in [0.1, 0.15) is 18.4 Å². The van der Waals surface area contributed by atoms with Crippen LogP contribution in [0.4, 0.5) is 5.82 Å². The Morgan fingerprint density at radius 3 is 3.00 bits per heavy atom. The fraction of sp³-hybridized carbons (Fsp3) is 0.667. The summed E-state index contributed by atoms with van der Waals surface area (Å²) in [6, 6.07) is 1.79. The maximum Gasteiger partial charge on any atom is 0.145 e. The van der Waals surface area contributed by atoms with Gasteiger partial charge in [-0.25, -0.2) is 15.8 Å². The Hall–Kier alpha value is -1.28. The van der Waals surface area contributed by atoms with Gasteiger partial charge >= 0.3 is 0 Å². The first-order valence-electron chi connectivity index (χ1n) is 6.40. The summed E-state index contributed by atoms with van der Waals surface area (Å²) in [4.78, 5) is 10.9. The van der Waals surface area contributed by atoms with E-state index < -0.39 is 0 Å². The molecule has 0 aliphatic carbocycles. The highest BCUT2D eigenvalue weighted by molar-refractivity contribution is 5.33. The van der Waals surface area contributed by atoms with Gasteiger partial charge in [0.15, 0.2) is 0 Å². The molecular formula is C12H21N5O2. The summed E-state index contributed by atoms with van der Waals surface area (Å²) in [6.45, 7) is 6.05. The highest BCUT2D eigenvalue weighted by Gasteiger charge is 2.25. The average molecular weight is 267 g/mol. The van der Waals surface area contributed by atoms with E-state index in [1.807, 2.05) is 13.8 Å². The number of aliphatic hydroxyl groups is 1. The zero-order valence-corrected chi connectivity index (χ0v) is 11.3. The third kappa shape index (κ3) is 3.84. The number of hydrogen-bond donors (Lipinski definition) is 3. The molecule has 2 atom stereocenters. The maximum atomic E-state index is 9.21. The SMILES string of the molecule is Cc1cc(NN)nc(CN2CC(C)OC(CO)C2)n1. The lowest BCUT2D eigenvalue weighted by molar-refractivity contribution is -0.0977. The fourth-order valence-corrected chi connectivity index (χ4v) is 2.35. The molecule has 1 aromatic heterocycles. The van der Waals surface area contributed by atoms with Crippen LogP contribution in [0.15, 0.2) is 6.07 Å². The van der Waals surface area contributed by atoms with Gasteiger partial charge in [0.2, 0.25) is 0 Å². The molecule has 2 rings (SSSR count).